The molecule has 0 aliphatic carbocycles. The van der Waals surface area contributed by atoms with E-state index in [2.05, 4.69) is 32.3 Å². The second kappa shape index (κ2) is 5.54. The highest BCUT2D eigenvalue weighted by molar-refractivity contribution is 9.10. The average molecular weight is 310 g/mol. The minimum atomic E-state index is 0.750. The highest BCUT2D eigenvalue weighted by atomic mass is 79.9. The molecule has 0 fully saturated rings. The first kappa shape index (κ1) is 13.1. The Kier molecular flexibility index (Phi) is 4.04. The Balaban J connectivity index is 2.48. The van der Waals surface area contributed by atoms with Crippen molar-refractivity contribution in [2.75, 3.05) is 14.2 Å². The maximum atomic E-state index is 5.24. The largest absolute Gasteiger partial charge is 0.496 e. The number of methoxy groups -OCH3 is 1. The molecule has 0 saturated heterocycles. The van der Waals surface area contributed by atoms with Gasteiger partial charge in [-0.15, -0.1) is 0 Å². The number of aryl methyl sites for hydroxylation is 1. The maximum Gasteiger partial charge on any atom is 0.133 e. The fourth-order valence-corrected chi connectivity index (χ4v) is 2.50. The molecule has 0 spiro atoms. The lowest BCUT2D eigenvalue weighted by molar-refractivity contribution is 0.412. The highest BCUT2D eigenvalue weighted by Gasteiger charge is 2.12. The Morgan fingerprint density at radius 2 is 2.22 bits per heavy atom. The highest BCUT2D eigenvalue weighted by Crippen LogP contribution is 2.31. The third-order valence-corrected chi connectivity index (χ3v) is 3.40. The van der Waals surface area contributed by atoms with Gasteiger partial charge in [-0.3, -0.25) is 0 Å². The second-order valence-electron chi connectivity index (χ2n) is 4.03. The summed E-state index contributed by atoms with van der Waals surface area (Å²) >= 11 is 3.51. The Labute approximate surface area is 115 Å². The molecular formula is C13H16BrN3O. The number of ether oxygens (including phenoxy) is 1. The predicted octanol–water partition coefficient (Wildman–Crippen LogP) is 2.58. The van der Waals surface area contributed by atoms with E-state index in [1.165, 1.54) is 0 Å². The van der Waals surface area contributed by atoms with Gasteiger partial charge in [-0.05, 0) is 41.2 Å². The molecule has 2 aromatic rings. The van der Waals surface area contributed by atoms with E-state index in [-0.39, 0.29) is 0 Å². The van der Waals surface area contributed by atoms with Crippen molar-refractivity contribution in [3.05, 3.63) is 34.7 Å². The molecule has 2 rings (SSSR count). The summed E-state index contributed by atoms with van der Waals surface area (Å²) in [4.78, 5) is 4.41. The van der Waals surface area contributed by atoms with Gasteiger partial charge in [0.05, 0.1) is 29.3 Å². The molecule has 18 heavy (non-hydrogen) atoms. The summed E-state index contributed by atoms with van der Waals surface area (Å²) in [6, 6.07) is 6.05. The number of hydrogen-bond donors (Lipinski definition) is 1. The van der Waals surface area contributed by atoms with E-state index >= 15 is 0 Å². The van der Waals surface area contributed by atoms with Gasteiger partial charge in [0.25, 0.3) is 0 Å². The fraction of sp³-hybridized carbons (Fsp3) is 0.308. The molecule has 0 bridgehead atoms. The standard InChI is InChI=1S/C13H16BrN3O/c1-15-7-11-13(17(2)8-16-11)9-4-5-12(18-3)10(14)6-9/h4-6,8,15H,7H2,1-3H3. The third kappa shape index (κ3) is 2.42. The number of nitrogens with one attached hydrogen (secondary N) is 1. The molecule has 0 aliphatic rings. The smallest absolute Gasteiger partial charge is 0.133 e. The predicted molar refractivity (Wildman–Crippen MR) is 75.7 cm³/mol. The molecule has 96 valence electrons. The molecule has 4 nitrogen and oxygen atoms in total. The Morgan fingerprint density at radius 3 is 2.83 bits per heavy atom. The molecule has 0 unspecified atom stereocenters. The second-order valence-corrected chi connectivity index (χ2v) is 4.88. The molecule has 0 radical (unpaired) electrons. The summed E-state index contributed by atoms with van der Waals surface area (Å²) in [5.74, 6) is 0.830. The maximum absolute atomic E-state index is 5.24. The van der Waals surface area contributed by atoms with Gasteiger partial charge in [0.1, 0.15) is 5.75 Å². The van der Waals surface area contributed by atoms with Crippen LogP contribution in [0.3, 0.4) is 0 Å². The van der Waals surface area contributed by atoms with Crippen LogP contribution in [-0.2, 0) is 13.6 Å². The Morgan fingerprint density at radius 1 is 1.44 bits per heavy atom. The quantitative estimate of drug-likeness (QED) is 0.943. The molecule has 5 heteroatoms. The van der Waals surface area contributed by atoms with Crippen LogP contribution in [0.1, 0.15) is 5.69 Å². The van der Waals surface area contributed by atoms with Crippen molar-refractivity contribution < 1.29 is 4.74 Å². The Hall–Kier alpha value is -1.33. The lowest BCUT2D eigenvalue weighted by Gasteiger charge is -2.09. The fourth-order valence-electron chi connectivity index (χ4n) is 1.96. The van der Waals surface area contributed by atoms with Gasteiger partial charge in [0, 0.05) is 19.2 Å². The molecule has 1 aromatic heterocycles. The van der Waals surface area contributed by atoms with Crippen LogP contribution in [0, 0.1) is 0 Å². The lowest BCUT2D eigenvalue weighted by Crippen LogP contribution is -2.07. The van der Waals surface area contributed by atoms with E-state index in [0.717, 1.165) is 33.7 Å². The summed E-state index contributed by atoms with van der Waals surface area (Å²) in [6.45, 7) is 0.750. The summed E-state index contributed by atoms with van der Waals surface area (Å²) in [7, 11) is 5.58. The van der Waals surface area contributed by atoms with E-state index in [4.69, 9.17) is 4.74 Å². The van der Waals surface area contributed by atoms with Crippen LogP contribution >= 0.6 is 15.9 Å². The van der Waals surface area contributed by atoms with E-state index in [9.17, 15) is 0 Å². The summed E-state index contributed by atoms with van der Waals surface area (Å²) in [5.41, 5.74) is 3.28. The van der Waals surface area contributed by atoms with E-state index in [0.29, 0.717) is 0 Å². The normalized spacial score (nSPS) is 10.7. The zero-order valence-corrected chi connectivity index (χ0v) is 12.3. The molecule has 0 aliphatic heterocycles. The minimum absolute atomic E-state index is 0.750. The van der Waals surface area contributed by atoms with Crippen molar-refractivity contribution in [1.29, 1.82) is 0 Å². The number of nitrogens with zero attached hydrogens (tertiary/aromatic N) is 2. The summed E-state index contributed by atoms with van der Waals surface area (Å²) in [5, 5.41) is 3.13. The van der Waals surface area contributed by atoms with Gasteiger partial charge < -0.3 is 14.6 Å². The molecule has 0 atom stereocenters. The SMILES string of the molecule is CNCc1ncn(C)c1-c1ccc(OC)c(Br)c1. The van der Waals surface area contributed by atoms with E-state index in [1.807, 2.05) is 37.1 Å². The molecular weight excluding hydrogens is 294 g/mol. The van der Waals surface area contributed by atoms with Crippen LogP contribution in [0.2, 0.25) is 0 Å². The van der Waals surface area contributed by atoms with Gasteiger partial charge in [0.2, 0.25) is 0 Å². The monoisotopic (exact) mass is 309 g/mol. The number of benzene rings is 1. The number of halogens is 1. The van der Waals surface area contributed by atoms with Crippen molar-refractivity contribution in [3.8, 4) is 17.0 Å². The zero-order chi connectivity index (χ0) is 13.1. The first-order valence-corrected chi connectivity index (χ1v) is 6.45. The van der Waals surface area contributed by atoms with Crippen LogP contribution < -0.4 is 10.1 Å². The van der Waals surface area contributed by atoms with E-state index in [1.54, 1.807) is 7.11 Å². The number of imidazole rings is 1. The zero-order valence-electron chi connectivity index (χ0n) is 10.7. The van der Waals surface area contributed by atoms with Crippen molar-refractivity contribution in [2.45, 2.75) is 6.54 Å². The van der Waals surface area contributed by atoms with Crippen LogP contribution in [-0.4, -0.2) is 23.7 Å². The van der Waals surface area contributed by atoms with Gasteiger partial charge in [-0.1, -0.05) is 0 Å². The molecule has 1 N–H and O–H groups in total. The summed E-state index contributed by atoms with van der Waals surface area (Å²) < 4.78 is 8.22. The average Bonchev–Trinajstić information content (AvgIpc) is 2.71. The molecule has 0 amide bonds. The van der Waals surface area contributed by atoms with Crippen molar-refractivity contribution in [2.24, 2.45) is 7.05 Å². The topological polar surface area (TPSA) is 39.1 Å². The van der Waals surface area contributed by atoms with Gasteiger partial charge in [-0.2, -0.15) is 0 Å². The molecule has 1 heterocycles. The van der Waals surface area contributed by atoms with Crippen LogP contribution in [0.5, 0.6) is 5.75 Å². The first-order valence-electron chi connectivity index (χ1n) is 5.66. The van der Waals surface area contributed by atoms with Crippen molar-refractivity contribution in [1.82, 2.24) is 14.9 Å². The van der Waals surface area contributed by atoms with Crippen LogP contribution in [0.25, 0.3) is 11.3 Å². The van der Waals surface area contributed by atoms with E-state index < -0.39 is 0 Å². The minimum Gasteiger partial charge on any atom is -0.496 e. The number of aromatic nitrogens is 2. The summed E-state index contributed by atoms with van der Waals surface area (Å²) in [6.07, 6.45) is 1.83. The first-order chi connectivity index (χ1) is 8.67. The lowest BCUT2D eigenvalue weighted by atomic mass is 10.1. The molecule has 0 saturated carbocycles. The van der Waals surface area contributed by atoms with Crippen molar-refractivity contribution >= 4 is 15.9 Å². The van der Waals surface area contributed by atoms with Gasteiger partial charge in [0.15, 0.2) is 0 Å². The number of rotatable bonds is 4. The van der Waals surface area contributed by atoms with Crippen LogP contribution in [0.15, 0.2) is 29.0 Å². The Bertz CT molecular complexity index is 551. The third-order valence-electron chi connectivity index (χ3n) is 2.78. The molecule has 1 aromatic carbocycles. The van der Waals surface area contributed by atoms with Crippen molar-refractivity contribution in [3.63, 3.8) is 0 Å². The van der Waals surface area contributed by atoms with Crippen LogP contribution in [0.4, 0.5) is 0 Å². The number of hydrogen-bond acceptors (Lipinski definition) is 3. The van der Waals surface area contributed by atoms with Gasteiger partial charge >= 0.3 is 0 Å². The van der Waals surface area contributed by atoms with Gasteiger partial charge in [-0.25, -0.2) is 4.98 Å².